The first kappa shape index (κ1) is 15.3. The molecule has 5 N–H and O–H groups in total. The topological polar surface area (TPSA) is 81.1 Å². The van der Waals surface area contributed by atoms with Crippen LogP contribution in [0, 0.1) is 0 Å². The van der Waals surface area contributed by atoms with Crippen LogP contribution in [0.2, 0.25) is 0 Å². The minimum absolute atomic E-state index is 0.0936. The van der Waals surface area contributed by atoms with Crippen LogP contribution < -0.4 is 17.0 Å². The molecular weight excluding hydrogens is 314 g/mol. The summed E-state index contributed by atoms with van der Waals surface area (Å²) < 4.78 is 1.04. The third kappa shape index (κ3) is 5.75. The van der Waals surface area contributed by atoms with Crippen molar-refractivity contribution in [2.24, 2.45) is 5.84 Å². The van der Waals surface area contributed by atoms with Crippen LogP contribution in [0.1, 0.15) is 25.7 Å². The van der Waals surface area contributed by atoms with Crippen LogP contribution in [0.3, 0.4) is 0 Å². The number of halogens is 1. The molecule has 0 heterocycles. The Hall–Kier alpha value is -0.720. The Morgan fingerprint density at radius 3 is 2.78 bits per heavy atom. The van der Waals surface area contributed by atoms with Gasteiger partial charge in [-0.2, -0.15) is 0 Å². The lowest BCUT2D eigenvalue weighted by Crippen LogP contribution is -2.29. The maximum absolute atomic E-state index is 10.9. The van der Waals surface area contributed by atoms with E-state index < -0.39 is 0 Å². The van der Waals surface area contributed by atoms with E-state index in [-0.39, 0.29) is 5.91 Å². The Balaban J connectivity index is 2.16. The quantitative estimate of drug-likeness (QED) is 0.179. The number of nitrogens with one attached hydrogen (secondary N) is 1. The maximum Gasteiger partial charge on any atom is 0.233 e. The summed E-state index contributed by atoms with van der Waals surface area (Å²) >= 11 is 5.28. The second-order valence-electron chi connectivity index (χ2n) is 3.92. The molecule has 0 unspecified atom stereocenters. The molecule has 0 aliphatic carbocycles. The molecule has 0 atom stereocenters. The Bertz CT molecular complexity index is 401. The van der Waals surface area contributed by atoms with Gasteiger partial charge in [0.15, 0.2) is 0 Å². The number of hydrazine groups is 1. The van der Waals surface area contributed by atoms with Crippen molar-refractivity contribution < 1.29 is 4.79 Å². The molecule has 4 nitrogen and oxygen atoms in total. The molecule has 0 bridgehead atoms. The lowest BCUT2D eigenvalue weighted by atomic mass is 10.2. The van der Waals surface area contributed by atoms with Crippen molar-refractivity contribution in [3.05, 3.63) is 22.7 Å². The summed E-state index contributed by atoms with van der Waals surface area (Å²) in [6.07, 6.45) is 3.51. The maximum atomic E-state index is 10.9. The Kier molecular flexibility index (Phi) is 7.15. The van der Waals surface area contributed by atoms with Gasteiger partial charge in [-0.3, -0.25) is 10.2 Å². The zero-order chi connectivity index (χ0) is 13.4. The molecule has 1 amide bonds. The van der Waals surface area contributed by atoms with Crippen LogP contribution in [-0.2, 0) is 4.79 Å². The lowest BCUT2D eigenvalue weighted by Gasteiger charge is -2.05. The first-order valence-corrected chi connectivity index (χ1v) is 7.58. The minimum atomic E-state index is -0.0936. The number of nitrogens with two attached hydrogens (primary N) is 2. The number of nitrogen functional groups attached to an aromatic ring is 1. The number of hydrogen-bond donors (Lipinski definition) is 3. The van der Waals surface area contributed by atoms with Crippen LogP contribution in [-0.4, -0.2) is 11.7 Å². The van der Waals surface area contributed by atoms with E-state index in [2.05, 4.69) is 21.4 Å². The third-order valence-corrected chi connectivity index (χ3v) is 4.50. The average molecular weight is 332 g/mol. The van der Waals surface area contributed by atoms with Crippen LogP contribution in [0.15, 0.2) is 27.6 Å². The molecule has 1 rings (SSSR count). The number of benzene rings is 1. The van der Waals surface area contributed by atoms with Crippen molar-refractivity contribution in [3.63, 3.8) is 0 Å². The van der Waals surface area contributed by atoms with Gasteiger partial charge in [-0.05, 0) is 52.7 Å². The second kappa shape index (κ2) is 8.39. The van der Waals surface area contributed by atoms with Crippen molar-refractivity contribution >= 4 is 39.3 Å². The predicted molar refractivity (Wildman–Crippen MR) is 80.1 cm³/mol. The number of carbonyl (C=O) groups excluding carboxylic acids is 1. The highest BCUT2D eigenvalue weighted by Crippen LogP contribution is 2.29. The number of amides is 1. The first-order valence-electron chi connectivity index (χ1n) is 5.80. The fourth-order valence-electron chi connectivity index (χ4n) is 1.45. The Labute approximate surface area is 120 Å². The van der Waals surface area contributed by atoms with Crippen LogP contribution >= 0.6 is 27.7 Å². The van der Waals surface area contributed by atoms with Gasteiger partial charge in [0, 0.05) is 21.5 Å². The van der Waals surface area contributed by atoms with E-state index in [0.29, 0.717) is 6.42 Å². The molecule has 1 aromatic rings. The molecule has 0 aliphatic rings. The van der Waals surface area contributed by atoms with E-state index in [1.165, 1.54) is 4.90 Å². The van der Waals surface area contributed by atoms with Gasteiger partial charge in [-0.1, -0.05) is 6.42 Å². The molecule has 0 aliphatic heterocycles. The molecular formula is C12H18BrN3OS. The van der Waals surface area contributed by atoms with E-state index in [4.69, 9.17) is 11.6 Å². The summed E-state index contributed by atoms with van der Waals surface area (Å²) in [5, 5.41) is 0. The monoisotopic (exact) mass is 331 g/mol. The summed E-state index contributed by atoms with van der Waals surface area (Å²) in [6, 6.07) is 5.83. The van der Waals surface area contributed by atoms with Crippen molar-refractivity contribution in [3.8, 4) is 0 Å². The summed E-state index contributed by atoms with van der Waals surface area (Å²) in [5.74, 6) is 5.94. The molecule has 18 heavy (non-hydrogen) atoms. The highest BCUT2D eigenvalue weighted by molar-refractivity contribution is 9.10. The van der Waals surface area contributed by atoms with Gasteiger partial charge >= 0.3 is 0 Å². The van der Waals surface area contributed by atoms with Gasteiger partial charge in [-0.15, -0.1) is 11.8 Å². The first-order chi connectivity index (χ1) is 8.63. The van der Waals surface area contributed by atoms with Gasteiger partial charge in [-0.25, -0.2) is 5.84 Å². The van der Waals surface area contributed by atoms with Gasteiger partial charge < -0.3 is 5.73 Å². The van der Waals surface area contributed by atoms with Gasteiger partial charge in [0.2, 0.25) is 5.91 Å². The third-order valence-electron chi connectivity index (χ3n) is 2.42. The Morgan fingerprint density at radius 1 is 1.33 bits per heavy atom. The number of rotatable bonds is 7. The SMILES string of the molecule is NNC(=O)CCCCCSc1ccc(N)cc1Br. The van der Waals surface area contributed by atoms with Crippen molar-refractivity contribution in [1.29, 1.82) is 0 Å². The number of thioether (sulfide) groups is 1. The summed E-state index contributed by atoms with van der Waals surface area (Å²) in [6.45, 7) is 0. The highest BCUT2D eigenvalue weighted by atomic mass is 79.9. The summed E-state index contributed by atoms with van der Waals surface area (Å²) in [5.41, 5.74) is 8.57. The van der Waals surface area contributed by atoms with Crippen LogP contribution in [0.25, 0.3) is 0 Å². The lowest BCUT2D eigenvalue weighted by molar-refractivity contribution is -0.121. The predicted octanol–water partition coefficient (Wildman–Crippen LogP) is 2.67. The van der Waals surface area contributed by atoms with Crippen molar-refractivity contribution in [2.45, 2.75) is 30.6 Å². The molecule has 0 saturated heterocycles. The van der Waals surface area contributed by atoms with Gasteiger partial charge in [0.05, 0.1) is 0 Å². The van der Waals surface area contributed by atoms with E-state index in [9.17, 15) is 4.79 Å². The molecule has 1 aromatic carbocycles. The standard InChI is InChI=1S/C12H18BrN3OS/c13-10-8-9(14)5-6-11(10)18-7-3-1-2-4-12(17)16-15/h5-6,8H,1-4,7,14-15H2,(H,16,17). The molecule has 6 heteroatoms. The van der Waals surface area contributed by atoms with Crippen molar-refractivity contribution in [2.75, 3.05) is 11.5 Å². The molecule has 0 aromatic heterocycles. The fourth-order valence-corrected chi connectivity index (χ4v) is 3.12. The molecule has 0 spiro atoms. The second-order valence-corrected chi connectivity index (χ2v) is 5.91. The smallest absolute Gasteiger partial charge is 0.233 e. The zero-order valence-electron chi connectivity index (χ0n) is 10.1. The van der Waals surface area contributed by atoms with E-state index in [0.717, 1.165) is 35.2 Å². The normalized spacial score (nSPS) is 10.3. The Morgan fingerprint density at radius 2 is 2.11 bits per heavy atom. The van der Waals surface area contributed by atoms with Crippen LogP contribution in [0.4, 0.5) is 5.69 Å². The molecule has 0 fully saturated rings. The molecule has 0 saturated carbocycles. The van der Waals surface area contributed by atoms with Crippen molar-refractivity contribution in [1.82, 2.24) is 5.43 Å². The van der Waals surface area contributed by atoms with E-state index >= 15 is 0 Å². The number of unbranched alkanes of at least 4 members (excludes halogenated alkanes) is 2. The summed E-state index contributed by atoms with van der Waals surface area (Å²) in [7, 11) is 0. The number of carbonyl (C=O) groups is 1. The minimum Gasteiger partial charge on any atom is -0.399 e. The summed E-state index contributed by atoms with van der Waals surface area (Å²) in [4.78, 5) is 12.1. The van der Waals surface area contributed by atoms with Crippen LogP contribution in [0.5, 0.6) is 0 Å². The largest absolute Gasteiger partial charge is 0.399 e. The van der Waals surface area contributed by atoms with E-state index in [1.54, 1.807) is 11.8 Å². The number of hydrogen-bond acceptors (Lipinski definition) is 4. The highest BCUT2D eigenvalue weighted by Gasteiger charge is 2.01. The number of anilines is 1. The average Bonchev–Trinajstić information content (AvgIpc) is 2.35. The van der Waals surface area contributed by atoms with E-state index in [1.807, 2.05) is 18.2 Å². The molecule has 100 valence electrons. The van der Waals surface area contributed by atoms with Gasteiger partial charge in [0.1, 0.15) is 0 Å². The molecule has 0 radical (unpaired) electrons. The fraction of sp³-hybridized carbons (Fsp3) is 0.417. The zero-order valence-corrected chi connectivity index (χ0v) is 12.5. The van der Waals surface area contributed by atoms with Gasteiger partial charge in [0.25, 0.3) is 0 Å².